The number of amides is 1. The molecule has 0 aliphatic carbocycles. The number of aryl methyl sites for hydroxylation is 2. The highest BCUT2D eigenvalue weighted by atomic mass is 35.5. The Morgan fingerprint density at radius 3 is 2.61 bits per heavy atom. The summed E-state index contributed by atoms with van der Waals surface area (Å²) < 4.78 is 11.1. The van der Waals surface area contributed by atoms with Crippen LogP contribution in [0.2, 0.25) is 5.02 Å². The maximum atomic E-state index is 13.0. The van der Waals surface area contributed by atoms with Crippen LogP contribution in [0.25, 0.3) is 11.0 Å². The second-order valence-corrected chi connectivity index (χ2v) is 8.17. The van der Waals surface area contributed by atoms with Crippen molar-refractivity contribution in [2.45, 2.75) is 26.9 Å². The van der Waals surface area contributed by atoms with Crippen LogP contribution in [0.1, 0.15) is 18.1 Å². The number of pyridine rings is 1. The highest BCUT2D eigenvalue weighted by Crippen LogP contribution is 2.32. The summed E-state index contributed by atoms with van der Waals surface area (Å²) in [6.07, 6.45) is 2.91. The third-order valence-corrected chi connectivity index (χ3v) is 5.87. The molecular weight excluding hydrogens is 418 g/mol. The number of hydrogen-bond acceptors (Lipinski definition) is 6. The number of piperazine rings is 1. The van der Waals surface area contributed by atoms with Gasteiger partial charge in [-0.15, -0.1) is 0 Å². The fraction of sp³-hybridized carbons (Fsp3) is 0.348. The first kappa shape index (κ1) is 21.2. The van der Waals surface area contributed by atoms with Gasteiger partial charge in [-0.2, -0.15) is 0 Å². The SMILES string of the molecule is Cc1cnccc1N1CCN(C(=O)C(C)Oc2cc3oc(=O)cc(C)c3cc2Cl)CC1. The van der Waals surface area contributed by atoms with Crippen molar-refractivity contribution in [3.63, 3.8) is 0 Å². The van der Waals surface area contributed by atoms with E-state index in [4.69, 9.17) is 20.8 Å². The van der Waals surface area contributed by atoms with Crippen molar-refractivity contribution in [2.24, 2.45) is 0 Å². The summed E-state index contributed by atoms with van der Waals surface area (Å²) in [4.78, 5) is 32.8. The summed E-state index contributed by atoms with van der Waals surface area (Å²) in [6.45, 7) is 8.24. The molecule has 162 valence electrons. The second-order valence-electron chi connectivity index (χ2n) is 7.76. The Morgan fingerprint density at radius 1 is 1.16 bits per heavy atom. The van der Waals surface area contributed by atoms with Crippen molar-refractivity contribution < 1.29 is 13.9 Å². The molecule has 1 unspecified atom stereocenters. The first-order valence-electron chi connectivity index (χ1n) is 10.2. The van der Waals surface area contributed by atoms with Crippen molar-refractivity contribution in [3.8, 4) is 5.75 Å². The lowest BCUT2D eigenvalue weighted by atomic mass is 10.1. The van der Waals surface area contributed by atoms with Gasteiger partial charge in [-0.05, 0) is 44.0 Å². The van der Waals surface area contributed by atoms with Crippen LogP contribution in [0.4, 0.5) is 5.69 Å². The van der Waals surface area contributed by atoms with E-state index in [1.165, 1.54) is 6.07 Å². The summed E-state index contributed by atoms with van der Waals surface area (Å²) >= 11 is 6.37. The zero-order chi connectivity index (χ0) is 22.1. The van der Waals surface area contributed by atoms with E-state index >= 15 is 0 Å². The third kappa shape index (κ3) is 4.37. The summed E-state index contributed by atoms with van der Waals surface area (Å²) in [5.41, 5.74) is 2.97. The summed E-state index contributed by atoms with van der Waals surface area (Å²) in [5.74, 6) is 0.211. The standard InChI is InChI=1S/C23H24ClN3O4/c1-14-10-22(28)31-20-12-21(18(24)11-17(14)20)30-16(3)23(29)27-8-6-26(7-9-27)19-4-5-25-13-15(19)2/h4-5,10-13,16H,6-9H2,1-3H3. The number of benzene rings is 1. The third-order valence-electron chi connectivity index (χ3n) is 5.58. The van der Waals surface area contributed by atoms with Crippen LogP contribution in [0.5, 0.6) is 5.75 Å². The van der Waals surface area contributed by atoms with Gasteiger partial charge in [0, 0.05) is 61.8 Å². The Hall–Kier alpha value is -3.06. The number of ether oxygens (including phenoxy) is 1. The monoisotopic (exact) mass is 441 g/mol. The number of rotatable bonds is 4. The number of halogens is 1. The van der Waals surface area contributed by atoms with Gasteiger partial charge in [0.05, 0.1) is 5.02 Å². The largest absolute Gasteiger partial charge is 0.479 e. The van der Waals surface area contributed by atoms with E-state index in [0.29, 0.717) is 29.4 Å². The fourth-order valence-electron chi connectivity index (χ4n) is 3.90. The lowest BCUT2D eigenvalue weighted by Crippen LogP contribution is -2.52. The molecule has 3 heterocycles. The molecule has 0 bridgehead atoms. The lowest BCUT2D eigenvalue weighted by molar-refractivity contribution is -0.138. The van der Waals surface area contributed by atoms with Gasteiger partial charge in [-0.1, -0.05) is 11.6 Å². The Balaban J connectivity index is 1.44. The van der Waals surface area contributed by atoms with E-state index in [0.717, 1.165) is 35.3 Å². The second kappa shape index (κ2) is 8.59. The van der Waals surface area contributed by atoms with Gasteiger partial charge < -0.3 is 19.0 Å². The topological polar surface area (TPSA) is 75.9 Å². The summed E-state index contributed by atoms with van der Waals surface area (Å²) in [7, 11) is 0. The Labute approximate surface area is 185 Å². The molecule has 31 heavy (non-hydrogen) atoms. The van der Waals surface area contributed by atoms with Crippen molar-refractivity contribution in [1.82, 2.24) is 9.88 Å². The molecule has 3 aromatic rings. The van der Waals surface area contributed by atoms with E-state index in [2.05, 4.69) is 9.88 Å². The highest BCUT2D eigenvalue weighted by Gasteiger charge is 2.27. The van der Waals surface area contributed by atoms with Gasteiger partial charge in [0.15, 0.2) is 6.10 Å². The molecule has 0 radical (unpaired) electrons. The van der Waals surface area contributed by atoms with E-state index < -0.39 is 11.7 Å². The first-order chi connectivity index (χ1) is 14.8. The molecule has 1 aromatic carbocycles. The van der Waals surface area contributed by atoms with Crippen LogP contribution in [-0.4, -0.2) is 48.1 Å². The molecule has 1 aliphatic rings. The molecular formula is C23H24ClN3O4. The average molecular weight is 442 g/mol. The van der Waals surface area contributed by atoms with Gasteiger partial charge in [0.2, 0.25) is 0 Å². The fourth-order valence-corrected chi connectivity index (χ4v) is 4.10. The minimum atomic E-state index is -0.722. The normalized spacial score (nSPS) is 15.2. The van der Waals surface area contributed by atoms with E-state index in [1.807, 2.05) is 26.1 Å². The summed E-state index contributed by atoms with van der Waals surface area (Å²) in [5, 5.41) is 1.10. The average Bonchev–Trinajstić information content (AvgIpc) is 2.75. The number of anilines is 1. The van der Waals surface area contributed by atoms with E-state index in [-0.39, 0.29) is 5.91 Å². The van der Waals surface area contributed by atoms with Crippen LogP contribution in [-0.2, 0) is 4.79 Å². The van der Waals surface area contributed by atoms with Crippen molar-refractivity contribution >= 4 is 34.2 Å². The molecule has 1 fully saturated rings. The van der Waals surface area contributed by atoms with Crippen LogP contribution in [0.3, 0.4) is 0 Å². The number of carbonyl (C=O) groups excluding carboxylic acids is 1. The van der Waals surface area contributed by atoms with E-state index in [9.17, 15) is 9.59 Å². The van der Waals surface area contributed by atoms with Crippen molar-refractivity contribution in [2.75, 3.05) is 31.1 Å². The molecule has 2 aromatic heterocycles. The zero-order valence-corrected chi connectivity index (χ0v) is 18.5. The maximum Gasteiger partial charge on any atom is 0.336 e. The van der Waals surface area contributed by atoms with Gasteiger partial charge in [-0.3, -0.25) is 9.78 Å². The van der Waals surface area contributed by atoms with Crippen LogP contribution in [0, 0.1) is 13.8 Å². The molecule has 1 aliphatic heterocycles. The van der Waals surface area contributed by atoms with Crippen LogP contribution >= 0.6 is 11.6 Å². The Morgan fingerprint density at radius 2 is 1.90 bits per heavy atom. The molecule has 8 heteroatoms. The van der Waals surface area contributed by atoms with Gasteiger partial charge in [0.25, 0.3) is 5.91 Å². The zero-order valence-electron chi connectivity index (χ0n) is 17.7. The molecule has 4 rings (SSSR count). The molecule has 7 nitrogen and oxygen atoms in total. The predicted octanol–water partition coefficient (Wildman–Crippen LogP) is 3.57. The van der Waals surface area contributed by atoms with Crippen molar-refractivity contribution in [3.05, 3.63) is 63.2 Å². The molecule has 0 saturated carbocycles. The minimum absolute atomic E-state index is 0.104. The Bertz CT molecular complexity index is 1190. The van der Waals surface area contributed by atoms with E-state index in [1.54, 1.807) is 30.2 Å². The number of fused-ring (bicyclic) bond motifs is 1. The van der Waals surface area contributed by atoms with Crippen molar-refractivity contribution in [1.29, 1.82) is 0 Å². The van der Waals surface area contributed by atoms with Gasteiger partial charge in [0.1, 0.15) is 11.3 Å². The number of nitrogens with zero attached hydrogens (tertiary/aromatic N) is 3. The predicted molar refractivity (Wildman–Crippen MR) is 120 cm³/mol. The first-order valence-corrected chi connectivity index (χ1v) is 10.6. The number of hydrogen-bond donors (Lipinski definition) is 0. The summed E-state index contributed by atoms with van der Waals surface area (Å²) in [6, 6.07) is 6.68. The Kier molecular flexibility index (Phi) is 5.87. The molecule has 1 saturated heterocycles. The molecule has 1 amide bonds. The smallest absolute Gasteiger partial charge is 0.336 e. The van der Waals surface area contributed by atoms with Gasteiger partial charge in [-0.25, -0.2) is 4.79 Å². The van der Waals surface area contributed by atoms with Crippen LogP contribution in [0.15, 0.2) is 45.9 Å². The lowest BCUT2D eigenvalue weighted by Gasteiger charge is -2.37. The maximum absolute atomic E-state index is 13.0. The molecule has 0 spiro atoms. The van der Waals surface area contributed by atoms with Crippen LogP contribution < -0.4 is 15.3 Å². The van der Waals surface area contributed by atoms with Gasteiger partial charge >= 0.3 is 5.63 Å². The molecule has 1 atom stereocenters. The molecule has 0 N–H and O–H groups in total. The minimum Gasteiger partial charge on any atom is -0.479 e. The highest BCUT2D eigenvalue weighted by molar-refractivity contribution is 6.32. The number of carbonyl (C=O) groups is 1. The number of aromatic nitrogens is 1. The quantitative estimate of drug-likeness (QED) is 0.576.